The topological polar surface area (TPSA) is 39.4 Å². The van der Waals surface area contributed by atoms with Crippen molar-refractivity contribution in [2.45, 2.75) is 33.5 Å². The van der Waals surface area contributed by atoms with Crippen LogP contribution < -0.4 is 4.43 Å². The van der Waals surface area contributed by atoms with E-state index in [4.69, 9.17) is 9.42 Å². The third-order valence-electron chi connectivity index (χ3n) is 2.94. The lowest BCUT2D eigenvalue weighted by Crippen LogP contribution is -2.29. The average Bonchev–Trinajstić information content (AvgIpc) is 2.78. The Labute approximate surface area is 127 Å². The molecule has 2 aromatic rings. The van der Waals surface area contributed by atoms with Gasteiger partial charge in [0.2, 0.25) is 8.32 Å². The van der Waals surface area contributed by atoms with Gasteiger partial charge in [-0.15, -0.1) is 0 Å². The van der Waals surface area contributed by atoms with Gasteiger partial charge < -0.3 is 4.43 Å². The molecule has 4 nitrogen and oxygen atoms in total. The molecule has 1 heterocycles. The Hall–Kier alpha value is -1.88. The van der Waals surface area contributed by atoms with Gasteiger partial charge in [-0.2, -0.15) is 5.10 Å². The predicted octanol–water partition coefficient (Wildman–Crippen LogP) is 4.08. The number of aliphatic imine (C=N–C) groups is 1. The van der Waals surface area contributed by atoms with E-state index >= 15 is 0 Å². The fourth-order valence-electron chi connectivity index (χ4n) is 1.98. The fourth-order valence-corrected chi connectivity index (χ4v) is 2.82. The number of benzene rings is 1. The number of rotatable bonds is 4. The van der Waals surface area contributed by atoms with Crippen LogP contribution in [0.1, 0.15) is 18.1 Å². The summed E-state index contributed by atoms with van der Waals surface area (Å²) < 4.78 is 7.92. The van der Waals surface area contributed by atoms with Crippen molar-refractivity contribution in [1.82, 2.24) is 9.78 Å². The number of hydrogen-bond donors (Lipinski definition) is 0. The maximum atomic E-state index is 6.14. The van der Waals surface area contributed by atoms with Gasteiger partial charge in [-0.1, -0.05) is 6.07 Å². The monoisotopic (exact) mass is 301 g/mol. The second kappa shape index (κ2) is 5.85. The van der Waals surface area contributed by atoms with Crippen molar-refractivity contribution in [3.8, 4) is 5.75 Å². The standard InChI is InChI=1S/C16H23N3OSi/c1-12-7-8-16(20-21(4,5)6)15(9-12)18-13(2)14-10-17-19(3)11-14/h7-11H,1-6H3. The molecule has 0 saturated carbocycles. The molecule has 0 unspecified atom stereocenters. The third kappa shape index (κ3) is 4.29. The van der Waals surface area contributed by atoms with Crippen molar-refractivity contribution in [3.63, 3.8) is 0 Å². The van der Waals surface area contributed by atoms with Gasteiger partial charge in [0, 0.05) is 24.5 Å². The van der Waals surface area contributed by atoms with Gasteiger partial charge in [-0.3, -0.25) is 4.68 Å². The Kier molecular flexibility index (Phi) is 4.32. The van der Waals surface area contributed by atoms with E-state index in [2.05, 4.69) is 43.8 Å². The van der Waals surface area contributed by atoms with Gasteiger partial charge in [0.05, 0.1) is 6.20 Å². The molecule has 0 aliphatic rings. The van der Waals surface area contributed by atoms with Crippen molar-refractivity contribution in [2.75, 3.05) is 0 Å². The zero-order chi connectivity index (χ0) is 15.6. The lowest BCUT2D eigenvalue weighted by Gasteiger charge is -2.20. The Morgan fingerprint density at radius 3 is 2.57 bits per heavy atom. The zero-order valence-electron chi connectivity index (χ0n) is 13.6. The maximum Gasteiger partial charge on any atom is 0.242 e. The molecule has 0 spiro atoms. The number of aryl methyl sites for hydroxylation is 2. The van der Waals surface area contributed by atoms with Crippen molar-refractivity contribution in [1.29, 1.82) is 0 Å². The second-order valence-electron chi connectivity index (χ2n) is 6.29. The summed E-state index contributed by atoms with van der Waals surface area (Å²) in [5.41, 5.74) is 4.03. The van der Waals surface area contributed by atoms with Gasteiger partial charge in [-0.05, 0) is 51.2 Å². The highest BCUT2D eigenvalue weighted by Crippen LogP contribution is 2.31. The van der Waals surface area contributed by atoms with E-state index in [1.807, 2.05) is 32.4 Å². The minimum Gasteiger partial charge on any atom is -0.543 e. The molecule has 0 atom stereocenters. The Bertz CT molecular complexity index is 668. The third-order valence-corrected chi connectivity index (χ3v) is 3.77. The molecule has 5 heteroatoms. The Balaban J connectivity index is 2.40. The van der Waals surface area contributed by atoms with Crippen molar-refractivity contribution in [3.05, 3.63) is 41.7 Å². The highest BCUT2D eigenvalue weighted by Gasteiger charge is 2.18. The van der Waals surface area contributed by atoms with Crippen LogP contribution in [0.4, 0.5) is 5.69 Å². The molecule has 112 valence electrons. The molecular formula is C16H23N3OSi. The van der Waals surface area contributed by atoms with E-state index in [1.165, 1.54) is 5.56 Å². The fraction of sp³-hybridized carbons (Fsp3) is 0.375. The number of nitrogens with zero attached hydrogens (tertiary/aromatic N) is 3. The van der Waals surface area contributed by atoms with E-state index in [0.717, 1.165) is 22.7 Å². The van der Waals surface area contributed by atoms with E-state index in [-0.39, 0.29) is 0 Å². The van der Waals surface area contributed by atoms with Crippen LogP contribution in [0.25, 0.3) is 0 Å². The summed E-state index contributed by atoms with van der Waals surface area (Å²) in [7, 11) is 0.247. The first kappa shape index (κ1) is 15.5. The lowest BCUT2D eigenvalue weighted by molar-refractivity contribution is 0.559. The van der Waals surface area contributed by atoms with Crippen LogP contribution in [0.15, 0.2) is 35.6 Å². The summed E-state index contributed by atoms with van der Waals surface area (Å²) in [5, 5.41) is 4.19. The number of aromatic nitrogens is 2. The van der Waals surface area contributed by atoms with Crippen LogP contribution in [-0.2, 0) is 7.05 Å². The van der Waals surface area contributed by atoms with Gasteiger partial charge in [0.1, 0.15) is 11.4 Å². The van der Waals surface area contributed by atoms with Gasteiger partial charge in [-0.25, -0.2) is 4.99 Å². The van der Waals surface area contributed by atoms with Crippen LogP contribution >= 0.6 is 0 Å². The van der Waals surface area contributed by atoms with E-state index in [9.17, 15) is 0 Å². The SMILES string of the molecule is CC(=Nc1cc(C)ccc1O[Si](C)(C)C)c1cnn(C)c1. The number of hydrogen-bond acceptors (Lipinski definition) is 3. The van der Waals surface area contributed by atoms with Crippen LogP contribution in [0.2, 0.25) is 19.6 Å². The maximum absolute atomic E-state index is 6.14. The molecule has 0 aliphatic heterocycles. The second-order valence-corrected chi connectivity index (χ2v) is 10.7. The summed E-state index contributed by atoms with van der Waals surface area (Å²) in [5.74, 6) is 0.864. The highest BCUT2D eigenvalue weighted by molar-refractivity contribution is 6.70. The minimum absolute atomic E-state index is 0.864. The Morgan fingerprint density at radius 1 is 1.29 bits per heavy atom. The summed E-state index contributed by atoms with van der Waals surface area (Å²) in [4.78, 5) is 4.75. The first-order chi connectivity index (χ1) is 9.74. The van der Waals surface area contributed by atoms with E-state index < -0.39 is 8.32 Å². The first-order valence-corrected chi connectivity index (χ1v) is 10.5. The Morgan fingerprint density at radius 2 is 2.00 bits per heavy atom. The van der Waals surface area contributed by atoms with Crippen molar-refractivity contribution in [2.24, 2.45) is 12.0 Å². The van der Waals surface area contributed by atoms with Crippen molar-refractivity contribution < 1.29 is 4.43 Å². The van der Waals surface area contributed by atoms with Gasteiger partial charge in [0.25, 0.3) is 0 Å². The molecule has 0 N–H and O–H groups in total. The first-order valence-electron chi connectivity index (χ1n) is 7.08. The quantitative estimate of drug-likeness (QED) is 0.630. The smallest absolute Gasteiger partial charge is 0.242 e. The highest BCUT2D eigenvalue weighted by atomic mass is 28.4. The zero-order valence-corrected chi connectivity index (χ0v) is 14.6. The average molecular weight is 301 g/mol. The van der Waals surface area contributed by atoms with Gasteiger partial charge >= 0.3 is 0 Å². The molecule has 21 heavy (non-hydrogen) atoms. The molecule has 0 fully saturated rings. The van der Waals surface area contributed by atoms with Crippen LogP contribution in [0.3, 0.4) is 0 Å². The molecule has 2 rings (SSSR count). The normalized spacial score (nSPS) is 12.6. The molecule has 0 saturated heterocycles. The van der Waals surface area contributed by atoms with Crippen molar-refractivity contribution >= 4 is 19.7 Å². The van der Waals surface area contributed by atoms with Crippen LogP contribution in [0, 0.1) is 6.92 Å². The summed E-state index contributed by atoms with van der Waals surface area (Å²) >= 11 is 0. The predicted molar refractivity (Wildman–Crippen MR) is 90.2 cm³/mol. The summed E-state index contributed by atoms with van der Waals surface area (Å²) in [6.07, 6.45) is 3.79. The van der Waals surface area contributed by atoms with Crippen LogP contribution in [-0.4, -0.2) is 23.8 Å². The molecule has 0 aliphatic carbocycles. The molecule has 0 bridgehead atoms. The molecule has 0 radical (unpaired) electrons. The van der Waals surface area contributed by atoms with E-state index in [1.54, 1.807) is 4.68 Å². The minimum atomic E-state index is -1.66. The molecule has 1 aromatic carbocycles. The lowest BCUT2D eigenvalue weighted by atomic mass is 10.2. The summed E-state index contributed by atoms with van der Waals surface area (Å²) in [6.45, 7) is 10.6. The summed E-state index contributed by atoms with van der Waals surface area (Å²) in [6, 6.07) is 6.15. The molecule has 0 amide bonds. The molecule has 1 aromatic heterocycles. The van der Waals surface area contributed by atoms with Crippen LogP contribution in [0.5, 0.6) is 5.75 Å². The largest absolute Gasteiger partial charge is 0.543 e. The van der Waals surface area contributed by atoms with E-state index in [0.29, 0.717) is 0 Å². The van der Waals surface area contributed by atoms with Gasteiger partial charge in [0.15, 0.2) is 0 Å². The molecular weight excluding hydrogens is 278 g/mol.